The molecule has 0 fully saturated rings. The number of hydrogen-bond acceptors (Lipinski definition) is 4. The molecule has 1 heterocycles. The average molecular weight is 264 g/mol. The molecule has 5 nitrogen and oxygen atoms in total. The summed E-state index contributed by atoms with van der Waals surface area (Å²) in [7, 11) is 1.86. The predicted molar refractivity (Wildman–Crippen MR) is 69.4 cm³/mol. The van der Waals surface area contributed by atoms with E-state index >= 15 is 0 Å². The molecular weight excluding hydrogens is 247 g/mol. The molecular formula is C13H17FN4O. The quantitative estimate of drug-likeness (QED) is 0.859. The highest BCUT2D eigenvalue weighted by atomic mass is 19.1. The molecule has 2 rings (SSSR count). The molecule has 102 valence electrons. The van der Waals surface area contributed by atoms with Gasteiger partial charge in [0.25, 0.3) is 0 Å². The van der Waals surface area contributed by atoms with E-state index < -0.39 is 0 Å². The first-order valence-corrected chi connectivity index (χ1v) is 6.11. The van der Waals surface area contributed by atoms with E-state index in [1.165, 1.54) is 6.07 Å². The van der Waals surface area contributed by atoms with E-state index in [4.69, 9.17) is 4.74 Å². The van der Waals surface area contributed by atoms with E-state index in [-0.39, 0.29) is 5.82 Å². The fourth-order valence-electron chi connectivity index (χ4n) is 1.67. The minimum atomic E-state index is -0.222. The van der Waals surface area contributed by atoms with Gasteiger partial charge in [-0.15, -0.1) is 5.10 Å². The molecule has 0 aliphatic carbocycles. The summed E-state index contributed by atoms with van der Waals surface area (Å²) in [6.07, 6.45) is 1.87. The van der Waals surface area contributed by atoms with Gasteiger partial charge in [0.2, 0.25) is 0 Å². The van der Waals surface area contributed by atoms with Crippen molar-refractivity contribution in [3.63, 3.8) is 0 Å². The van der Waals surface area contributed by atoms with E-state index in [1.54, 1.807) is 23.7 Å². The number of benzene rings is 1. The number of hydrogen-bond donors (Lipinski definition) is 1. The molecule has 1 N–H and O–H groups in total. The van der Waals surface area contributed by atoms with Gasteiger partial charge in [0.1, 0.15) is 18.2 Å². The van der Waals surface area contributed by atoms with Crippen LogP contribution < -0.4 is 10.1 Å². The van der Waals surface area contributed by atoms with Gasteiger partial charge in [0.05, 0.1) is 12.2 Å². The van der Waals surface area contributed by atoms with Crippen LogP contribution in [0, 0.1) is 12.7 Å². The van der Waals surface area contributed by atoms with Crippen molar-refractivity contribution >= 4 is 0 Å². The van der Waals surface area contributed by atoms with Gasteiger partial charge in [-0.25, -0.2) is 9.07 Å². The molecule has 0 radical (unpaired) electrons. The van der Waals surface area contributed by atoms with Crippen molar-refractivity contribution < 1.29 is 9.13 Å². The topological polar surface area (TPSA) is 52.0 Å². The minimum absolute atomic E-state index is 0.222. The van der Waals surface area contributed by atoms with Crippen molar-refractivity contribution in [1.29, 1.82) is 0 Å². The summed E-state index contributed by atoms with van der Waals surface area (Å²) in [4.78, 5) is 0. The van der Waals surface area contributed by atoms with Crippen LogP contribution in [-0.4, -0.2) is 28.6 Å². The number of rotatable bonds is 6. The second kappa shape index (κ2) is 6.29. The van der Waals surface area contributed by atoms with Gasteiger partial charge in [0, 0.05) is 12.7 Å². The first-order chi connectivity index (χ1) is 9.19. The normalized spacial score (nSPS) is 10.7. The van der Waals surface area contributed by atoms with Crippen LogP contribution in [-0.2, 0) is 13.1 Å². The van der Waals surface area contributed by atoms with Crippen LogP contribution in [0.3, 0.4) is 0 Å². The summed E-state index contributed by atoms with van der Waals surface area (Å²) in [5.74, 6) is 0.440. The number of nitrogens with one attached hydrogen (secondary N) is 1. The Balaban J connectivity index is 1.83. The smallest absolute Gasteiger partial charge is 0.126 e. The van der Waals surface area contributed by atoms with Crippen molar-refractivity contribution in [2.24, 2.45) is 0 Å². The highest BCUT2D eigenvalue weighted by Gasteiger charge is 2.02. The third kappa shape index (κ3) is 3.75. The van der Waals surface area contributed by atoms with Gasteiger partial charge >= 0.3 is 0 Å². The molecule has 19 heavy (non-hydrogen) atoms. The summed E-state index contributed by atoms with van der Waals surface area (Å²) in [6, 6.07) is 4.71. The highest BCUT2D eigenvalue weighted by Crippen LogP contribution is 2.15. The Morgan fingerprint density at radius 3 is 3.00 bits per heavy atom. The molecule has 0 spiro atoms. The van der Waals surface area contributed by atoms with E-state index in [0.29, 0.717) is 31.0 Å². The lowest BCUT2D eigenvalue weighted by Crippen LogP contribution is -2.09. The maximum Gasteiger partial charge on any atom is 0.126 e. The predicted octanol–water partition coefficient (Wildman–Crippen LogP) is 1.52. The Morgan fingerprint density at radius 2 is 2.26 bits per heavy atom. The Hall–Kier alpha value is -1.95. The second-order valence-electron chi connectivity index (χ2n) is 4.26. The fourth-order valence-corrected chi connectivity index (χ4v) is 1.67. The lowest BCUT2D eigenvalue weighted by Gasteiger charge is -2.07. The molecule has 0 saturated heterocycles. The molecule has 0 unspecified atom stereocenters. The molecule has 2 aromatic rings. The monoisotopic (exact) mass is 264 g/mol. The Labute approximate surface area is 111 Å². The van der Waals surface area contributed by atoms with Crippen molar-refractivity contribution in [2.75, 3.05) is 13.7 Å². The number of aryl methyl sites for hydroxylation is 1. The second-order valence-corrected chi connectivity index (χ2v) is 4.26. The number of ether oxygens (including phenoxy) is 1. The lowest BCUT2D eigenvalue weighted by molar-refractivity contribution is 0.289. The van der Waals surface area contributed by atoms with E-state index in [9.17, 15) is 4.39 Å². The fraction of sp³-hybridized carbons (Fsp3) is 0.385. The van der Waals surface area contributed by atoms with Crippen molar-refractivity contribution in [3.05, 3.63) is 41.5 Å². The molecule has 0 atom stereocenters. The Bertz CT molecular complexity index is 541. The standard InChI is InChI=1S/C13H17FN4O/c1-10-7-12(3-4-13(10)14)19-6-5-18-9-11(8-15-2)16-17-18/h3-4,7,9,15H,5-6,8H2,1-2H3. The van der Waals surface area contributed by atoms with Gasteiger partial charge in [0.15, 0.2) is 0 Å². The Morgan fingerprint density at radius 1 is 1.42 bits per heavy atom. The van der Waals surface area contributed by atoms with Crippen LogP contribution in [0.1, 0.15) is 11.3 Å². The maximum atomic E-state index is 13.1. The zero-order valence-electron chi connectivity index (χ0n) is 11.1. The third-order valence-electron chi connectivity index (χ3n) is 2.66. The van der Waals surface area contributed by atoms with Crippen LogP contribution in [0.5, 0.6) is 5.75 Å². The summed E-state index contributed by atoms with van der Waals surface area (Å²) in [5, 5.41) is 11.0. The molecule has 1 aromatic carbocycles. The van der Waals surface area contributed by atoms with Gasteiger partial charge < -0.3 is 10.1 Å². The van der Waals surface area contributed by atoms with Crippen molar-refractivity contribution in [3.8, 4) is 5.75 Å². The summed E-state index contributed by atoms with van der Waals surface area (Å²) in [5.41, 5.74) is 1.47. The van der Waals surface area contributed by atoms with Gasteiger partial charge in [-0.05, 0) is 37.7 Å². The average Bonchev–Trinajstić information content (AvgIpc) is 2.82. The molecule has 0 aliphatic rings. The molecule has 0 aliphatic heterocycles. The zero-order valence-corrected chi connectivity index (χ0v) is 11.1. The SMILES string of the molecule is CNCc1cn(CCOc2ccc(F)c(C)c2)nn1. The van der Waals surface area contributed by atoms with E-state index in [0.717, 1.165) is 5.69 Å². The third-order valence-corrected chi connectivity index (χ3v) is 2.66. The van der Waals surface area contributed by atoms with E-state index in [1.807, 2.05) is 13.2 Å². The molecule has 0 saturated carbocycles. The van der Waals surface area contributed by atoms with Gasteiger partial charge in [-0.3, -0.25) is 0 Å². The molecule has 0 amide bonds. The number of halogens is 1. The number of aromatic nitrogens is 3. The van der Waals surface area contributed by atoms with Crippen LogP contribution in [0.2, 0.25) is 0 Å². The Kier molecular flexibility index (Phi) is 4.46. The van der Waals surface area contributed by atoms with Crippen LogP contribution >= 0.6 is 0 Å². The van der Waals surface area contributed by atoms with Crippen LogP contribution in [0.15, 0.2) is 24.4 Å². The largest absolute Gasteiger partial charge is 0.492 e. The molecule has 6 heteroatoms. The first kappa shape index (κ1) is 13.5. The number of nitrogens with zero attached hydrogens (tertiary/aromatic N) is 3. The summed E-state index contributed by atoms with van der Waals surface area (Å²) in [6.45, 7) is 3.47. The maximum absolute atomic E-state index is 13.1. The zero-order chi connectivity index (χ0) is 13.7. The van der Waals surface area contributed by atoms with E-state index in [2.05, 4.69) is 15.6 Å². The summed E-state index contributed by atoms with van der Waals surface area (Å²) >= 11 is 0. The minimum Gasteiger partial charge on any atom is -0.492 e. The van der Waals surface area contributed by atoms with Gasteiger partial charge in [-0.1, -0.05) is 5.21 Å². The van der Waals surface area contributed by atoms with Crippen LogP contribution in [0.4, 0.5) is 4.39 Å². The highest BCUT2D eigenvalue weighted by molar-refractivity contribution is 5.28. The summed E-state index contributed by atoms with van der Waals surface area (Å²) < 4.78 is 20.3. The van der Waals surface area contributed by atoms with Gasteiger partial charge in [-0.2, -0.15) is 0 Å². The lowest BCUT2D eigenvalue weighted by atomic mass is 10.2. The van der Waals surface area contributed by atoms with Crippen molar-refractivity contribution in [2.45, 2.75) is 20.0 Å². The first-order valence-electron chi connectivity index (χ1n) is 6.11. The van der Waals surface area contributed by atoms with Crippen molar-refractivity contribution in [1.82, 2.24) is 20.3 Å². The van der Waals surface area contributed by atoms with Crippen LogP contribution in [0.25, 0.3) is 0 Å². The molecule has 0 bridgehead atoms. The molecule has 1 aromatic heterocycles.